The van der Waals surface area contributed by atoms with Crippen molar-refractivity contribution < 1.29 is 0 Å². The second kappa shape index (κ2) is 6.10. The zero-order chi connectivity index (χ0) is 13.9. The quantitative estimate of drug-likeness (QED) is 0.728. The number of pyridine rings is 1. The number of hydrogen-bond acceptors (Lipinski definition) is 4. The van der Waals surface area contributed by atoms with Crippen LogP contribution >= 0.6 is 34.3 Å². The summed E-state index contributed by atoms with van der Waals surface area (Å²) >= 11 is 9.05. The molecule has 3 aromatic heterocycles. The van der Waals surface area contributed by atoms with Crippen molar-refractivity contribution in [1.82, 2.24) is 9.88 Å². The minimum Gasteiger partial charge on any atom is -0.314 e. The van der Waals surface area contributed by atoms with Crippen LogP contribution < -0.4 is 10.9 Å². The van der Waals surface area contributed by atoms with Gasteiger partial charge in [-0.25, -0.2) is 0 Å². The molecular weight excluding hydrogens is 312 g/mol. The van der Waals surface area contributed by atoms with Crippen LogP contribution in [0.1, 0.15) is 4.88 Å². The van der Waals surface area contributed by atoms with E-state index in [9.17, 15) is 4.79 Å². The van der Waals surface area contributed by atoms with Gasteiger partial charge in [0.25, 0.3) is 5.56 Å². The molecule has 0 aliphatic carbocycles. The summed E-state index contributed by atoms with van der Waals surface area (Å²) in [5.41, 5.74) is 0.0877. The lowest BCUT2D eigenvalue weighted by atomic mass is 10.3. The van der Waals surface area contributed by atoms with Gasteiger partial charge in [-0.05, 0) is 29.6 Å². The Labute approximate surface area is 129 Å². The van der Waals surface area contributed by atoms with Gasteiger partial charge in [0.05, 0.1) is 9.72 Å². The molecule has 3 rings (SSSR count). The Bertz CT molecular complexity index is 775. The summed E-state index contributed by atoms with van der Waals surface area (Å²) in [6, 6.07) is 7.81. The smallest absolute Gasteiger partial charge is 0.259 e. The second-order valence-electron chi connectivity index (χ2n) is 4.40. The highest BCUT2D eigenvalue weighted by molar-refractivity contribution is 7.17. The molecule has 0 spiro atoms. The van der Waals surface area contributed by atoms with Crippen molar-refractivity contribution in [3.63, 3.8) is 0 Å². The molecule has 1 N–H and O–H groups in total. The van der Waals surface area contributed by atoms with Crippen LogP contribution in [0.15, 0.2) is 40.6 Å². The highest BCUT2D eigenvalue weighted by Crippen LogP contribution is 2.21. The number of thiophene rings is 2. The number of fused-ring (bicyclic) bond motifs is 1. The van der Waals surface area contributed by atoms with E-state index in [0.717, 1.165) is 27.5 Å². The first kappa shape index (κ1) is 13.8. The van der Waals surface area contributed by atoms with Crippen LogP contribution in [0.3, 0.4) is 0 Å². The van der Waals surface area contributed by atoms with E-state index in [1.54, 1.807) is 27.2 Å². The van der Waals surface area contributed by atoms with Gasteiger partial charge in [-0.1, -0.05) is 11.6 Å². The van der Waals surface area contributed by atoms with Crippen LogP contribution in [0.4, 0.5) is 0 Å². The van der Waals surface area contributed by atoms with E-state index in [4.69, 9.17) is 11.6 Å². The third-order valence-electron chi connectivity index (χ3n) is 3.05. The van der Waals surface area contributed by atoms with Crippen molar-refractivity contribution in [3.8, 4) is 0 Å². The van der Waals surface area contributed by atoms with Crippen molar-refractivity contribution in [3.05, 3.63) is 55.4 Å². The van der Waals surface area contributed by atoms with E-state index >= 15 is 0 Å². The van der Waals surface area contributed by atoms with Crippen molar-refractivity contribution in [2.75, 3.05) is 6.54 Å². The van der Waals surface area contributed by atoms with E-state index < -0.39 is 0 Å². The van der Waals surface area contributed by atoms with Gasteiger partial charge in [-0.3, -0.25) is 4.79 Å². The molecule has 0 saturated carbocycles. The molecule has 20 heavy (non-hydrogen) atoms. The summed E-state index contributed by atoms with van der Waals surface area (Å²) in [6.45, 7) is 2.21. The molecular formula is C14H13ClN2OS2. The monoisotopic (exact) mass is 324 g/mol. The molecule has 3 heterocycles. The number of nitrogens with zero attached hydrogens (tertiary/aromatic N) is 1. The first-order valence-corrected chi connectivity index (χ1v) is 8.33. The van der Waals surface area contributed by atoms with Gasteiger partial charge in [0.15, 0.2) is 0 Å². The van der Waals surface area contributed by atoms with E-state index in [1.807, 2.05) is 35.8 Å². The van der Waals surface area contributed by atoms with Crippen LogP contribution in [-0.4, -0.2) is 11.1 Å². The number of aromatic nitrogens is 1. The summed E-state index contributed by atoms with van der Waals surface area (Å²) in [4.78, 5) is 13.4. The summed E-state index contributed by atoms with van der Waals surface area (Å²) in [5.74, 6) is 0. The lowest BCUT2D eigenvalue weighted by Crippen LogP contribution is -2.26. The van der Waals surface area contributed by atoms with Crippen LogP contribution in [0, 0.1) is 0 Å². The molecule has 0 radical (unpaired) electrons. The van der Waals surface area contributed by atoms with Gasteiger partial charge in [0.2, 0.25) is 0 Å². The lowest BCUT2D eigenvalue weighted by Gasteiger charge is -2.06. The molecule has 0 amide bonds. The molecule has 0 saturated heterocycles. The predicted octanol–water partition coefficient (Wildman–Crippen LogP) is 3.57. The first-order chi connectivity index (χ1) is 9.74. The molecule has 3 nitrogen and oxygen atoms in total. The van der Waals surface area contributed by atoms with E-state index in [2.05, 4.69) is 5.32 Å². The van der Waals surface area contributed by atoms with Gasteiger partial charge >= 0.3 is 0 Å². The highest BCUT2D eigenvalue weighted by Gasteiger charge is 2.03. The zero-order valence-corrected chi connectivity index (χ0v) is 13.0. The normalized spacial score (nSPS) is 11.2. The topological polar surface area (TPSA) is 34.0 Å². The van der Waals surface area contributed by atoms with Crippen LogP contribution in [0.25, 0.3) is 10.1 Å². The number of halogens is 1. The minimum atomic E-state index is 0.0877. The van der Waals surface area contributed by atoms with Crippen molar-refractivity contribution >= 4 is 44.4 Å². The largest absolute Gasteiger partial charge is 0.314 e. The van der Waals surface area contributed by atoms with Gasteiger partial charge in [0, 0.05) is 35.4 Å². The molecule has 0 unspecified atom stereocenters. The van der Waals surface area contributed by atoms with Crippen molar-refractivity contribution in [1.29, 1.82) is 0 Å². The highest BCUT2D eigenvalue weighted by atomic mass is 35.5. The molecule has 0 fully saturated rings. The zero-order valence-electron chi connectivity index (χ0n) is 10.6. The minimum absolute atomic E-state index is 0.0877. The third kappa shape index (κ3) is 2.96. The molecule has 0 aromatic carbocycles. The van der Waals surface area contributed by atoms with Crippen LogP contribution in [-0.2, 0) is 13.1 Å². The predicted molar refractivity (Wildman–Crippen MR) is 87.1 cm³/mol. The SMILES string of the molecule is O=c1c2ccsc2ccn1CCNCc1ccc(Cl)s1. The molecule has 0 aliphatic rings. The number of rotatable bonds is 5. The van der Waals surface area contributed by atoms with Gasteiger partial charge < -0.3 is 9.88 Å². The van der Waals surface area contributed by atoms with Crippen LogP contribution in [0.5, 0.6) is 0 Å². The summed E-state index contributed by atoms with van der Waals surface area (Å²) in [5, 5.41) is 6.09. The molecule has 3 aromatic rings. The summed E-state index contributed by atoms with van der Waals surface area (Å²) in [6.07, 6.45) is 1.87. The number of nitrogens with one attached hydrogen (secondary N) is 1. The first-order valence-electron chi connectivity index (χ1n) is 6.25. The maximum Gasteiger partial charge on any atom is 0.259 e. The molecule has 6 heteroatoms. The van der Waals surface area contributed by atoms with E-state index in [0.29, 0.717) is 6.54 Å². The van der Waals surface area contributed by atoms with Crippen LogP contribution in [0.2, 0.25) is 4.34 Å². The third-order valence-corrected chi connectivity index (χ3v) is 5.16. The number of hydrogen-bond donors (Lipinski definition) is 1. The van der Waals surface area contributed by atoms with Gasteiger partial charge in [0.1, 0.15) is 0 Å². The van der Waals surface area contributed by atoms with E-state index in [1.165, 1.54) is 4.88 Å². The standard InChI is InChI=1S/C14H13ClN2OS2/c15-13-2-1-10(20-13)9-16-5-7-17-6-3-12-11(14(17)18)4-8-19-12/h1-4,6,8,16H,5,7,9H2. The molecule has 0 atom stereocenters. The maximum atomic E-state index is 12.2. The Balaban J connectivity index is 1.59. The molecule has 0 aliphatic heterocycles. The fourth-order valence-corrected chi connectivity index (χ4v) is 3.87. The van der Waals surface area contributed by atoms with Gasteiger partial charge in [-0.15, -0.1) is 22.7 Å². The Kier molecular flexibility index (Phi) is 4.21. The lowest BCUT2D eigenvalue weighted by molar-refractivity contribution is 0.590. The second-order valence-corrected chi connectivity index (χ2v) is 7.14. The average Bonchev–Trinajstić information content (AvgIpc) is 3.06. The Morgan fingerprint density at radius 3 is 2.95 bits per heavy atom. The Morgan fingerprint density at radius 2 is 2.15 bits per heavy atom. The Morgan fingerprint density at radius 1 is 1.25 bits per heavy atom. The Hall–Kier alpha value is -1.14. The van der Waals surface area contributed by atoms with E-state index in [-0.39, 0.29) is 5.56 Å². The van der Waals surface area contributed by atoms with Gasteiger partial charge in [-0.2, -0.15) is 0 Å². The fraction of sp³-hybridized carbons (Fsp3) is 0.214. The molecule has 0 bridgehead atoms. The van der Waals surface area contributed by atoms with Crippen molar-refractivity contribution in [2.45, 2.75) is 13.1 Å². The summed E-state index contributed by atoms with van der Waals surface area (Å²) in [7, 11) is 0. The summed E-state index contributed by atoms with van der Waals surface area (Å²) < 4.78 is 3.61. The molecule has 104 valence electrons. The maximum absolute atomic E-state index is 12.2. The average molecular weight is 325 g/mol. The van der Waals surface area contributed by atoms with Crippen molar-refractivity contribution in [2.24, 2.45) is 0 Å². The fourth-order valence-electron chi connectivity index (χ4n) is 2.04.